The molecular weight excluding hydrogens is 1360 g/mol. The highest BCUT2D eigenvalue weighted by Gasteiger charge is 2.04. The number of aryl methyl sites for hydroxylation is 5. The topological polar surface area (TPSA) is 46.2 Å². The minimum Gasteiger partial charge on any atom is -0.489 e. The summed E-state index contributed by atoms with van der Waals surface area (Å²) in [6.45, 7) is 14.2. The van der Waals surface area contributed by atoms with Crippen LogP contribution in [0.2, 0.25) is 0 Å². The third-order valence-corrected chi connectivity index (χ3v) is 16.9. The molecule has 10 rings (SSSR count). The summed E-state index contributed by atoms with van der Waals surface area (Å²) >= 11 is 21.3. The molecule has 100 heavy (non-hydrogen) atoms. The summed E-state index contributed by atoms with van der Waals surface area (Å²) in [5, 5.41) is 0. The van der Waals surface area contributed by atoms with Crippen molar-refractivity contribution < 1.29 is 47.2 Å². The van der Waals surface area contributed by atoms with Gasteiger partial charge in [-0.05, 0) is 241 Å². The summed E-state index contributed by atoms with van der Waals surface area (Å²) in [4.78, 5) is 4.76. The largest absolute Gasteiger partial charge is 0.489 e. The van der Waals surface area contributed by atoms with Crippen molar-refractivity contribution in [2.24, 2.45) is 0 Å². The maximum atomic E-state index is 5.73. The zero-order valence-electron chi connectivity index (χ0n) is 58.6. The Morgan fingerprint density at radius 3 is 0.420 bits per heavy atom. The second-order valence-electron chi connectivity index (χ2n) is 23.5. The molecule has 0 aliphatic carbocycles. The van der Waals surface area contributed by atoms with E-state index in [1.165, 1.54) is 152 Å². The van der Waals surface area contributed by atoms with Gasteiger partial charge < -0.3 is 23.7 Å². The minimum absolute atomic E-state index is 0. The lowest BCUT2D eigenvalue weighted by Gasteiger charge is -2.07. The maximum absolute atomic E-state index is 5.73. The van der Waals surface area contributed by atoms with Crippen molar-refractivity contribution in [1.29, 1.82) is 0 Å². The van der Waals surface area contributed by atoms with Crippen LogP contribution in [0.4, 0.5) is 23.5 Å². The van der Waals surface area contributed by atoms with E-state index < -0.39 is 0 Å². The van der Waals surface area contributed by atoms with Crippen LogP contribution in [0.25, 0.3) is 0 Å². The second kappa shape index (κ2) is 54.4. The fourth-order valence-electron chi connectivity index (χ4n) is 9.46. The molecule has 15 heteroatoms. The van der Waals surface area contributed by atoms with E-state index in [-0.39, 0.29) is 23.5 Å². The average molecular weight is 1460 g/mol. The number of hydrogen-bond donors (Lipinski definition) is 5. The van der Waals surface area contributed by atoms with E-state index in [1.54, 1.807) is 0 Å². The minimum atomic E-state index is 0. The Morgan fingerprint density at radius 2 is 0.300 bits per heavy atom. The van der Waals surface area contributed by atoms with Gasteiger partial charge in [-0.25, -0.2) is 0 Å². The summed E-state index contributed by atoms with van der Waals surface area (Å²) in [5.41, 5.74) is 13.1. The van der Waals surface area contributed by atoms with Crippen molar-refractivity contribution in [2.75, 3.05) is 0 Å². The van der Waals surface area contributed by atoms with Gasteiger partial charge in [0, 0.05) is 24.5 Å². The Hall–Kier alpha value is -7.40. The molecule has 0 amide bonds. The van der Waals surface area contributed by atoms with Crippen molar-refractivity contribution in [3.63, 3.8) is 0 Å². The molecule has 10 aromatic carbocycles. The van der Waals surface area contributed by atoms with Crippen LogP contribution in [0.1, 0.15) is 154 Å². The van der Waals surface area contributed by atoms with Gasteiger partial charge in [0.2, 0.25) is 0 Å². The molecule has 0 radical (unpaired) electrons. The first kappa shape index (κ1) is 90.6. The monoisotopic (exact) mass is 1460 g/mol. The number of rotatable bonds is 30. The van der Waals surface area contributed by atoms with Crippen LogP contribution in [-0.4, -0.2) is 0 Å². The molecule has 540 valence electrons. The number of benzene rings is 10. The maximum Gasteiger partial charge on any atom is 0.119 e. The lowest BCUT2D eigenvalue weighted by atomic mass is 10.1. The number of ether oxygens (including phenoxy) is 5. The standard InChI is InChI=1S/5C17H20OS.5FH/c5*1-2-3-4-14-5-7-15(8-6-14)13-18-16-9-11-17(19)12-10-16;;;;;/h5*5-12,19H,2-4,13H2,1H3;5*1H. The molecule has 0 aromatic heterocycles. The molecule has 0 bridgehead atoms. The first-order valence-electron chi connectivity index (χ1n) is 33.9. The van der Waals surface area contributed by atoms with Crippen LogP contribution in [0.5, 0.6) is 28.7 Å². The second-order valence-corrected chi connectivity index (χ2v) is 26.1. The number of unbranched alkanes of at least 4 members (excludes halogenated alkanes) is 5. The Labute approximate surface area is 621 Å². The fraction of sp³-hybridized carbons (Fsp3) is 0.294. The lowest BCUT2D eigenvalue weighted by Crippen LogP contribution is -1.95. The molecule has 0 saturated carbocycles. The number of thiol groups is 5. The molecule has 5 nitrogen and oxygen atoms in total. The molecule has 0 atom stereocenters. The Kier molecular flexibility index (Phi) is 49.3. The van der Waals surface area contributed by atoms with E-state index in [0.29, 0.717) is 33.0 Å². The van der Waals surface area contributed by atoms with E-state index in [4.69, 9.17) is 23.7 Å². The van der Waals surface area contributed by atoms with Crippen molar-refractivity contribution in [3.05, 3.63) is 298 Å². The van der Waals surface area contributed by atoms with E-state index in [1.807, 2.05) is 121 Å². The van der Waals surface area contributed by atoms with Crippen molar-refractivity contribution in [2.45, 2.75) is 188 Å². The summed E-state index contributed by atoms with van der Waals surface area (Å²) in [7, 11) is 0. The molecule has 0 aliphatic heterocycles. The highest BCUT2D eigenvalue weighted by atomic mass is 32.1. The average Bonchev–Trinajstić information content (AvgIpc) is 1.06. The van der Waals surface area contributed by atoms with Gasteiger partial charge in [-0.3, -0.25) is 23.5 Å². The first-order chi connectivity index (χ1) is 46.4. The Balaban J connectivity index is 0.000000617. The van der Waals surface area contributed by atoms with Crippen LogP contribution in [0.15, 0.2) is 267 Å². The quantitative estimate of drug-likeness (QED) is 0.0229. The normalized spacial score (nSPS) is 9.90. The van der Waals surface area contributed by atoms with E-state index >= 15 is 0 Å². The van der Waals surface area contributed by atoms with Gasteiger partial charge in [0.05, 0.1) is 0 Å². The van der Waals surface area contributed by atoms with E-state index in [2.05, 4.69) is 219 Å². The molecule has 0 aliphatic rings. The molecule has 0 N–H and O–H groups in total. The van der Waals surface area contributed by atoms with Crippen molar-refractivity contribution in [3.8, 4) is 28.7 Å². The summed E-state index contributed by atoms with van der Waals surface area (Å²) in [5.74, 6) is 4.41. The third-order valence-electron chi connectivity index (χ3n) is 15.4. The highest BCUT2D eigenvalue weighted by molar-refractivity contribution is 7.81. The summed E-state index contributed by atoms with van der Waals surface area (Å²) < 4.78 is 28.7. The summed E-state index contributed by atoms with van der Waals surface area (Å²) in [6, 6.07) is 82.3. The smallest absolute Gasteiger partial charge is 0.119 e. The number of halogens is 5. The van der Waals surface area contributed by atoms with E-state index in [9.17, 15) is 0 Å². The molecule has 0 fully saturated rings. The molecule has 0 unspecified atom stereocenters. The van der Waals surface area contributed by atoms with Gasteiger partial charge in [-0.15, -0.1) is 63.1 Å². The van der Waals surface area contributed by atoms with Crippen LogP contribution in [-0.2, 0) is 65.1 Å². The van der Waals surface area contributed by atoms with Gasteiger partial charge in [-0.1, -0.05) is 188 Å². The van der Waals surface area contributed by atoms with Crippen LogP contribution in [0.3, 0.4) is 0 Å². The Morgan fingerprint density at radius 1 is 0.180 bits per heavy atom. The Bertz CT molecular complexity index is 3030. The predicted octanol–water partition coefficient (Wildman–Crippen LogP) is 25.2. The fourth-order valence-corrected chi connectivity index (χ4v) is 10.2. The van der Waals surface area contributed by atoms with Crippen LogP contribution < -0.4 is 23.7 Å². The summed E-state index contributed by atoms with van der Waals surface area (Å²) in [6.07, 6.45) is 18.3. The molecular formula is C85H105F5O5S5. The number of hydrogen-bond acceptors (Lipinski definition) is 10. The SMILES string of the molecule is CCCCc1ccc(COc2ccc(S)cc2)cc1.CCCCc1ccc(COc2ccc(S)cc2)cc1.CCCCc1ccc(COc2ccc(S)cc2)cc1.CCCCc1ccc(COc2ccc(S)cc2)cc1.CCCCc1ccc(COc2ccc(S)cc2)cc1.F.F.F.F.F. The van der Waals surface area contributed by atoms with Crippen molar-refractivity contribution >= 4 is 63.1 Å². The van der Waals surface area contributed by atoms with Gasteiger partial charge >= 0.3 is 0 Å². The van der Waals surface area contributed by atoms with Gasteiger partial charge in [0.25, 0.3) is 0 Å². The zero-order valence-corrected chi connectivity index (χ0v) is 63.0. The highest BCUT2D eigenvalue weighted by Crippen LogP contribution is 2.23. The molecule has 0 spiro atoms. The van der Waals surface area contributed by atoms with Crippen LogP contribution >= 0.6 is 63.1 Å². The molecule has 0 saturated heterocycles. The van der Waals surface area contributed by atoms with Crippen LogP contribution in [0, 0.1) is 0 Å². The lowest BCUT2D eigenvalue weighted by molar-refractivity contribution is 0.306. The molecule has 0 heterocycles. The molecule has 10 aromatic rings. The van der Waals surface area contributed by atoms with E-state index in [0.717, 1.165) is 53.2 Å². The third kappa shape index (κ3) is 38.4. The van der Waals surface area contributed by atoms with Gasteiger partial charge in [0.1, 0.15) is 61.8 Å². The van der Waals surface area contributed by atoms with Gasteiger partial charge in [-0.2, -0.15) is 0 Å². The zero-order chi connectivity index (χ0) is 67.5. The van der Waals surface area contributed by atoms with Gasteiger partial charge in [0.15, 0.2) is 0 Å². The first-order valence-corrected chi connectivity index (χ1v) is 36.1. The van der Waals surface area contributed by atoms with Crippen molar-refractivity contribution in [1.82, 2.24) is 0 Å². The predicted molar refractivity (Wildman–Crippen MR) is 428 cm³/mol.